The van der Waals surface area contributed by atoms with Crippen molar-refractivity contribution in [3.63, 3.8) is 0 Å². The average molecular weight is 568 g/mol. The molecule has 6 nitrogen and oxygen atoms in total. The topological polar surface area (TPSA) is 58.4 Å². The Morgan fingerprint density at radius 1 is 0.564 bits per heavy atom. The summed E-state index contributed by atoms with van der Waals surface area (Å²) in [5.74, 6) is 0. The summed E-state index contributed by atoms with van der Waals surface area (Å²) < 4.78 is 18.5. The number of hydrogen-bond donors (Lipinski definition) is 0. The van der Waals surface area contributed by atoms with E-state index in [0.717, 1.165) is 25.4 Å². The zero-order valence-electron chi connectivity index (χ0n) is 26.5. The molecule has 1 heterocycles. The predicted molar refractivity (Wildman–Crippen MR) is 167 cm³/mol. The van der Waals surface area contributed by atoms with Crippen molar-refractivity contribution >= 4 is 8.80 Å². The highest BCUT2D eigenvalue weighted by molar-refractivity contribution is 6.60. The molecular weight excluding hydrogens is 502 g/mol. The molecule has 0 amide bonds. The SMILES string of the molecule is CCCCCCCCCCCCCCCCc1cn(CCCCCCCCCCC[Si](OC)(OC)OC)nn1. The molecule has 0 unspecified atom stereocenters. The van der Waals surface area contributed by atoms with E-state index in [9.17, 15) is 0 Å². The summed E-state index contributed by atoms with van der Waals surface area (Å²) in [6.07, 6.45) is 34.5. The summed E-state index contributed by atoms with van der Waals surface area (Å²) in [5, 5.41) is 8.76. The lowest BCUT2D eigenvalue weighted by Crippen LogP contribution is -2.42. The summed E-state index contributed by atoms with van der Waals surface area (Å²) in [6.45, 7) is 3.30. The van der Waals surface area contributed by atoms with Crippen LogP contribution < -0.4 is 0 Å². The lowest BCUT2D eigenvalue weighted by Gasteiger charge is -2.24. The van der Waals surface area contributed by atoms with Crippen molar-refractivity contribution in [3.8, 4) is 0 Å². The van der Waals surface area contributed by atoms with Gasteiger partial charge in [0.2, 0.25) is 0 Å². The lowest BCUT2D eigenvalue weighted by atomic mass is 10.0. The van der Waals surface area contributed by atoms with Gasteiger partial charge in [0.15, 0.2) is 0 Å². The van der Waals surface area contributed by atoms with E-state index in [2.05, 4.69) is 28.1 Å². The molecule has 0 aliphatic rings. The van der Waals surface area contributed by atoms with E-state index in [4.69, 9.17) is 13.3 Å². The maximum absolute atomic E-state index is 5.49. The molecule has 1 rings (SSSR count). The van der Waals surface area contributed by atoms with Crippen molar-refractivity contribution in [2.24, 2.45) is 0 Å². The Morgan fingerprint density at radius 2 is 0.974 bits per heavy atom. The standard InChI is InChI=1S/C32H65N3O3Si/c1-5-6-7-8-9-10-11-12-13-14-16-19-22-25-28-32-31-35(34-33-32)29-26-23-20-17-15-18-21-24-27-30-39(36-2,37-3)38-4/h31H,5-30H2,1-4H3. The predicted octanol–water partition coefficient (Wildman–Crippen LogP) is 9.69. The van der Waals surface area contributed by atoms with Crippen molar-refractivity contribution in [1.82, 2.24) is 15.0 Å². The normalized spacial score (nSPS) is 12.0. The smallest absolute Gasteiger partial charge is 0.377 e. The van der Waals surface area contributed by atoms with Crippen LogP contribution in [-0.4, -0.2) is 45.1 Å². The molecular formula is C32H65N3O3Si. The molecule has 0 radical (unpaired) electrons. The van der Waals surface area contributed by atoms with Crippen LogP contribution in [-0.2, 0) is 26.2 Å². The zero-order valence-corrected chi connectivity index (χ0v) is 27.5. The van der Waals surface area contributed by atoms with Gasteiger partial charge >= 0.3 is 8.80 Å². The molecule has 0 fully saturated rings. The Hall–Kier alpha value is -0.763. The second kappa shape index (κ2) is 26.2. The second-order valence-corrected chi connectivity index (χ2v) is 14.6. The van der Waals surface area contributed by atoms with Gasteiger partial charge in [-0.3, -0.25) is 4.68 Å². The minimum Gasteiger partial charge on any atom is -0.377 e. The molecule has 0 atom stereocenters. The summed E-state index contributed by atoms with van der Waals surface area (Å²) in [4.78, 5) is 0. The monoisotopic (exact) mass is 567 g/mol. The van der Waals surface area contributed by atoms with Gasteiger partial charge in [-0.05, 0) is 25.7 Å². The van der Waals surface area contributed by atoms with Gasteiger partial charge in [-0.15, -0.1) is 5.10 Å². The first-order valence-electron chi connectivity index (χ1n) is 16.7. The summed E-state index contributed by atoms with van der Waals surface area (Å²) in [5.41, 5.74) is 1.18. The van der Waals surface area contributed by atoms with E-state index in [1.54, 1.807) is 21.3 Å². The van der Waals surface area contributed by atoms with Gasteiger partial charge in [0.25, 0.3) is 0 Å². The summed E-state index contributed by atoms with van der Waals surface area (Å²) in [6, 6.07) is 0.917. The lowest BCUT2D eigenvalue weighted by molar-refractivity contribution is 0.122. The Morgan fingerprint density at radius 3 is 1.44 bits per heavy atom. The van der Waals surface area contributed by atoms with E-state index in [1.165, 1.54) is 147 Å². The molecule has 0 saturated heterocycles. The van der Waals surface area contributed by atoms with E-state index in [0.29, 0.717) is 0 Å². The van der Waals surface area contributed by atoms with E-state index in [1.807, 2.05) is 0 Å². The Bertz CT molecular complexity index is 632. The minimum atomic E-state index is -2.37. The second-order valence-electron chi connectivity index (χ2n) is 11.5. The van der Waals surface area contributed by atoms with Gasteiger partial charge in [-0.25, -0.2) is 0 Å². The molecule has 0 aliphatic heterocycles. The van der Waals surface area contributed by atoms with Gasteiger partial charge in [-0.1, -0.05) is 141 Å². The molecule has 0 saturated carbocycles. The highest BCUT2D eigenvalue weighted by Gasteiger charge is 2.36. The molecule has 0 spiro atoms. The number of nitrogens with zero attached hydrogens (tertiary/aromatic N) is 3. The zero-order chi connectivity index (χ0) is 28.3. The first-order chi connectivity index (χ1) is 19.2. The molecule has 0 N–H and O–H groups in total. The van der Waals surface area contributed by atoms with E-state index < -0.39 is 8.80 Å². The van der Waals surface area contributed by atoms with Crippen molar-refractivity contribution in [3.05, 3.63) is 11.9 Å². The Kier molecular flexibility index (Phi) is 24.3. The van der Waals surface area contributed by atoms with Crippen LogP contribution >= 0.6 is 0 Å². The molecule has 230 valence electrons. The molecule has 0 aliphatic carbocycles. The van der Waals surface area contributed by atoms with Crippen LogP contribution in [0.4, 0.5) is 0 Å². The average Bonchev–Trinajstić information content (AvgIpc) is 3.42. The number of aryl methyl sites for hydroxylation is 2. The molecule has 7 heteroatoms. The van der Waals surface area contributed by atoms with Gasteiger partial charge in [-0.2, -0.15) is 0 Å². The fourth-order valence-electron chi connectivity index (χ4n) is 5.47. The van der Waals surface area contributed by atoms with Gasteiger partial charge in [0.1, 0.15) is 0 Å². The van der Waals surface area contributed by atoms with Crippen LogP contribution in [0.15, 0.2) is 6.20 Å². The molecule has 1 aromatic rings. The van der Waals surface area contributed by atoms with Crippen molar-refractivity contribution in [2.75, 3.05) is 21.3 Å². The van der Waals surface area contributed by atoms with Gasteiger partial charge < -0.3 is 13.3 Å². The van der Waals surface area contributed by atoms with Crippen LogP contribution in [0.5, 0.6) is 0 Å². The number of hydrogen-bond acceptors (Lipinski definition) is 5. The van der Waals surface area contributed by atoms with Crippen LogP contribution in [0.1, 0.15) is 160 Å². The van der Waals surface area contributed by atoms with Crippen molar-refractivity contribution in [1.29, 1.82) is 0 Å². The molecule has 0 aromatic carbocycles. The third-order valence-corrected chi connectivity index (χ3v) is 11.0. The third-order valence-electron chi connectivity index (χ3n) is 8.18. The molecule has 39 heavy (non-hydrogen) atoms. The van der Waals surface area contributed by atoms with E-state index >= 15 is 0 Å². The summed E-state index contributed by atoms with van der Waals surface area (Å²) in [7, 11) is 2.72. The number of aromatic nitrogens is 3. The third kappa shape index (κ3) is 19.9. The maximum Gasteiger partial charge on any atom is 0.500 e. The Labute approximate surface area is 243 Å². The fraction of sp³-hybridized carbons (Fsp3) is 0.938. The summed E-state index contributed by atoms with van der Waals surface area (Å²) >= 11 is 0. The highest BCUT2D eigenvalue weighted by Crippen LogP contribution is 2.19. The highest BCUT2D eigenvalue weighted by atomic mass is 28.4. The molecule has 0 bridgehead atoms. The van der Waals surface area contributed by atoms with Gasteiger partial charge in [0, 0.05) is 40.1 Å². The quantitative estimate of drug-likeness (QED) is 0.0684. The van der Waals surface area contributed by atoms with Crippen molar-refractivity contribution < 1.29 is 13.3 Å². The van der Waals surface area contributed by atoms with Crippen LogP contribution in [0.25, 0.3) is 0 Å². The first-order valence-corrected chi connectivity index (χ1v) is 18.7. The fourth-order valence-corrected chi connectivity index (χ4v) is 7.27. The van der Waals surface area contributed by atoms with E-state index in [-0.39, 0.29) is 0 Å². The number of rotatable bonds is 30. The van der Waals surface area contributed by atoms with Gasteiger partial charge in [0.05, 0.1) is 5.69 Å². The van der Waals surface area contributed by atoms with Crippen LogP contribution in [0.2, 0.25) is 6.04 Å². The van der Waals surface area contributed by atoms with Crippen molar-refractivity contribution in [2.45, 2.75) is 174 Å². The molecule has 1 aromatic heterocycles. The minimum absolute atomic E-state index is 0.917. The maximum atomic E-state index is 5.49. The Balaban J connectivity index is 1.87. The van der Waals surface area contributed by atoms with Crippen LogP contribution in [0.3, 0.4) is 0 Å². The van der Waals surface area contributed by atoms with Crippen LogP contribution in [0, 0.1) is 0 Å². The largest absolute Gasteiger partial charge is 0.500 e. The first kappa shape index (κ1) is 36.3. The number of unbranched alkanes of at least 4 members (excludes halogenated alkanes) is 21.